The highest BCUT2D eigenvalue weighted by Gasteiger charge is 2.17. The molecule has 5 nitrogen and oxygen atoms in total. The number of nitrogens with one attached hydrogen (secondary N) is 2. The zero-order valence-electron chi connectivity index (χ0n) is 14.6. The molecule has 27 heavy (non-hydrogen) atoms. The van der Waals surface area contributed by atoms with Crippen LogP contribution in [0.3, 0.4) is 0 Å². The number of rotatable bonds is 4. The molecule has 0 aliphatic rings. The molecular weight excluding hydrogens is 407 g/mol. The molecule has 0 aliphatic heterocycles. The fraction of sp³-hybridized carbons (Fsp3) is 0.158. The Morgan fingerprint density at radius 2 is 1.78 bits per heavy atom. The van der Waals surface area contributed by atoms with Gasteiger partial charge >= 0.3 is 0 Å². The predicted molar refractivity (Wildman–Crippen MR) is 109 cm³/mol. The Hall–Kier alpha value is -2.28. The molecule has 0 bridgehead atoms. The van der Waals surface area contributed by atoms with Gasteiger partial charge in [0, 0.05) is 15.1 Å². The Labute approximate surface area is 170 Å². The molecule has 140 valence electrons. The van der Waals surface area contributed by atoms with Crippen LogP contribution in [0.1, 0.15) is 20.8 Å². The van der Waals surface area contributed by atoms with Crippen LogP contribution in [0.2, 0.25) is 10.0 Å². The van der Waals surface area contributed by atoms with Crippen LogP contribution in [0, 0.1) is 13.8 Å². The molecule has 0 radical (unpaired) electrons. The van der Waals surface area contributed by atoms with Crippen molar-refractivity contribution in [2.24, 2.45) is 0 Å². The van der Waals surface area contributed by atoms with Crippen LogP contribution in [0.25, 0.3) is 10.1 Å². The number of amides is 2. The van der Waals surface area contributed by atoms with Gasteiger partial charge in [-0.1, -0.05) is 41.4 Å². The van der Waals surface area contributed by atoms with E-state index in [-0.39, 0.29) is 6.61 Å². The number of carbonyl (C=O) groups excluding carboxylic acids is 2. The summed E-state index contributed by atoms with van der Waals surface area (Å²) >= 11 is 13.6. The summed E-state index contributed by atoms with van der Waals surface area (Å²) in [6.45, 7) is 3.49. The van der Waals surface area contributed by atoms with Crippen LogP contribution < -0.4 is 15.6 Å². The van der Waals surface area contributed by atoms with Crippen LogP contribution in [-0.4, -0.2) is 18.4 Å². The van der Waals surface area contributed by atoms with Crippen molar-refractivity contribution in [3.63, 3.8) is 0 Å². The number of ether oxygens (including phenoxy) is 1. The first-order valence-corrected chi connectivity index (χ1v) is 9.60. The van der Waals surface area contributed by atoms with Crippen LogP contribution in [0.4, 0.5) is 0 Å². The third-order valence-electron chi connectivity index (χ3n) is 4.09. The Morgan fingerprint density at radius 1 is 1.04 bits per heavy atom. The van der Waals surface area contributed by atoms with Gasteiger partial charge in [-0.3, -0.25) is 20.4 Å². The molecule has 3 aromatic rings. The van der Waals surface area contributed by atoms with E-state index in [1.807, 2.05) is 38.1 Å². The largest absolute Gasteiger partial charge is 0.483 e. The van der Waals surface area contributed by atoms with E-state index in [0.29, 0.717) is 20.7 Å². The zero-order valence-corrected chi connectivity index (χ0v) is 16.9. The van der Waals surface area contributed by atoms with E-state index in [2.05, 4.69) is 10.9 Å². The Morgan fingerprint density at radius 3 is 2.52 bits per heavy atom. The van der Waals surface area contributed by atoms with Gasteiger partial charge in [0.15, 0.2) is 6.61 Å². The van der Waals surface area contributed by atoms with Crippen molar-refractivity contribution in [3.8, 4) is 5.75 Å². The predicted octanol–water partition coefficient (Wildman–Crippen LogP) is 4.66. The number of carbonyl (C=O) groups is 2. The summed E-state index contributed by atoms with van der Waals surface area (Å²) < 4.78 is 6.40. The van der Waals surface area contributed by atoms with Crippen molar-refractivity contribution in [2.45, 2.75) is 13.8 Å². The van der Waals surface area contributed by atoms with Crippen molar-refractivity contribution in [1.82, 2.24) is 10.9 Å². The van der Waals surface area contributed by atoms with Crippen molar-refractivity contribution in [2.75, 3.05) is 6.61 Å². The minimum absolute atomic E-state index is 0.248. The molecule has 0 saturated heterocycles. The first-order valence-electron chi connectivity index (χ1n) is 8.03. The summed E-state index contributed by atoms with van der Waals surface area (Å²) in [5.74, 6) is -0.411. The quantitative estimate of drug-likeness (QED) is 0.600. The smallest absolute Gasteiger partial charge is 0.281 e. The van der Waals surface area contributed by atoms with E-state index in [9.17, 15) is 9.59 Å². The average Bonchev–Trinajstić information content (AvgIpc) is 3.01. The van der Waals surface area contributed by atoms with Crippen molar-refractivity contribution in [1.29, 1.82) is 0 Å². The lowest BCUT2D eigenvalue weighted by Gasteiger charge is -2.12. The van der Waals surface area contributed by atoms with Crippen molar-refractivity contribution < 1.29 is 14.3 Å². The van der Waals surface area contributed by atoms with Crippen LogP contribution in [0.5, 0.6) is 5.75 Å². The lowest BCUT2D eigenvalue weighted by molar-refractivity contribution is -0.123. The summed E-state index contributed by atoms with van der Waals surface area (Å²) in [7, 11) is 0. The normalized spacial score (nSPS) is 10.7. The first kappa shape index (κ1) is 19.5. The maximum Gasteiger partial charge on any atom is 0.281 e. The highest BCUT2D eigenvalue weighted by Crippen LogP contribution is 2.34. The fourth-order valence-corrected chi connectivity index (χ4v) is 4.06. The number of hydrogen-bond acceptors (Lipinski definition) is 4. The molecule has 3 rings (SSSR count). The monoisotopic (exact) mass is 422 g/mol. The van der Waals surface area contributed by atoms with Crippen LogP contribution in [-0.2, 0) is 4.79 Å². The second-order valence-corrected chi connectivity index (χ2v) is 7.67. The number of hydrazine groups is 1. The molecule has 8 heteroatoms. The summed E-state index contributed by atoms with van der Waals surface area (Å²) in [5.41, 5.74) is 6.43. The molecule has 2 N–H and O–H groups in total. The molecule has 1 heterocycles. The van der Waals surface area contributed by atoms with Crippen LogP contribution >= 0.6 is 34.5 Å². The molecule has 2 amide bonds. The minimum atomic E-state index is -0.493. The molecular formula is C19H16Cl2N2O3S. The second kappa shape index (κ2) is 8.17. The number of benzene rings is 2. The number of fused-ring (bicyclic) bond motifs is 1. The Bertz CT molecular complexity index is 1030. The highest BCUT2D eigenvalue weighted by molar-refractivity contribution is 7.21. The molecule has 0 atom stereocenters. The van der Waals surface area contributed by atoms with E-state index in [1.165, 1.54) is 11.3 Å². The second-order valence-electron chi connectivity index (χ2n) is 5.83. The average molecular weight is 423 g/mol. The van der Waals surface area contributed by atoms with Crippen LogP contribution in [0.15, 0.2) is 36.4 Å². The first-order chi connectivity index (χ1) is 12.9. The van der Waals surface area contributed by atoms with E-state index in [4.69, 9.17) is 27.9 Å². The molecule has 0 spiro atoms. The summed E-state index contributed by atoms with van der Waals surface area (Å²) in [6.07, 6.45) is 0. The van der Waals surface area contributed by atoms with E-state index < -0.39 is 11.8 Å². The molecule has 0 fully saturated rings. The van der Waals surface area contributed by atoms with Gasteiger partial charge in [-0.15, -0.1) is 11.3 Å². The summed E-state index contributed by atoms with van der Waals surface area (Å²) in [6, 6.07) is 10.9. The van der Waals surface area contributed by atoms with Gasteiger partial charge in [-0.25, -0.2) is 0 Å². The molecule has 1 aromatic heterocycles. The summed E-state index contributed by atoms with van der Waals surface area (Å²) in [4.78, 5) is 24.6. The fourth-order valence-electron chi connectivity index (χ4n) is 2.44. The highest BCUT2D eigenvalue weighted by atomic mass is 35.5. The maximum absolute atomic E-state index is 12.3. The number of halogens is 2. The lowest BCUT2D eigenvalue weighted by Crippen LogP contribution is -2.43. The number of thiophene rings is 1. The van der Waals surface area contributed by atoms with E-state index in [1.54, 1.807) is 12.1 Å². The van der Waals surface area contributed by atoms with E-state index in [0.717, 1.165) is 21.2 Å². The van der Waals surface area contributed by atoms with Gasteiger partial charge < -0.3 is 4.74 Å². The topological polar surface area (TPSA) is 67.4 Å². The van der Waals surface area contributed by atoms with Gasteiger partial charge in [0.1, 0.15) is 10.6 Å². The zero-order chi connectivity index (χ0) is 19.6. The van der Waals surface area contributed by atoms with Crippen molar-refractivity contribution >= 4 is 56.4 Å². The Kier molecular flexibility index (Phi) is 5.89. The number of hydrogen-bond donors (Lipinski definition) is 2. The van der Waals surface area contributed by atoms with Gasteiger partial charge in [-0.2, -0.15) is 0 Å². The molecule has 0 unspecified atom stereocenters. The van der Waals surface area contributed by atoms with E-state index >= 15 is 0 Å². The maximum atomic E-state index is 12.3. The SMILES string of the molecule is Cc1c(Cl)ccc(OCC(=O)NNC(=O)c2sc3ccccc3c2Cl)c1C. The third-order valence-corrected chi connectivity index (χ3v) is 6.17. The standard InChI is InChI=1S/C19H16Cl2N2O3S/c1-10-11(2)14(8-7-13(10)20)26-9-16(24)22-23-19(25)18-17(21)12-5-3-4-6-15(12)27-18/h3-8H,9H2,1-2H3,(H,22,24)(H,23,25). The van der Waals surface area contributed by atoms with Gasteiger partial charge in [0.05, 0.1) is 5.02 Å². The molecule has 0 aliphatic carbocycles. The summed E-state index contributed by atoms with van der Waals surface area (Å²) in [5, 5.41) is 1.81. The third kappa shape index (κ3) is 4.18. The van der Waals surface area contributed by atoms with Crippen molar-refractivity contribution in [3.05, 3.63) is 62.4 Å². The lowest BCUT2D eigenvalue weighted by atomic mass is 10.1. The van der Waals surface area contributed by atoms with Gasteiger partial charge in [0.2, 0.25) is 0 Å². The molecule has 0 saturated carbocycles. The Balaban J connectivity index is 1.58. The van der Waals surface area contributed by atoms with Gasteiger partial charge in [0.25, 0.3) is 11.8 Å². The molecule has 2 aromatic carbocycles. The van der Waals surface area contributed by atoms with Gasteiger partial charge in [-0.05, 0) is 43.2 Å². The minimum Gasteiger partial charge on any atom is -0.483 e.